The minimum atomic E-state index is -4.51. The van der Waals surface area contributed by atoms with Gasteiger partial charge in [0, 0.05) is 29.8 Å². The molecule has 4 aromatic rings. The van der Waals surface area contributed by atoms with Crippen LogP contribution in [0.3, 0.4) is 0 Å². The molecule has 5 heterocycles. The molecule has 0 radical (unpaired) electrons. The highest BCUT2D eigenvalue weighted by molar-refractivity contribution is 7.92. The maximum Gasteiger partial charge on any atom is 0.251 e. The van der Waals surface area contributed by atoms with Gasteiger partial charge in [0.05, 0.1) is 30.9 Å². The highest BCUT2D eigenvalue weighted by Crippen LogP contribution is 2.65. The van der Waals surface area contributed by atoms with Gasteiger partial charge in [0.25, 0.3) is 5.91 Å². The molecule has 2 bridgehead atoms. The maximum absolute atomic E-state index is 14.7. The molecule has 5 aliphatic rings. The lowest BCUT2D eigenvalue weighted by Gasteiger charge is -2.62. The van der Waals surface area contributed by atoms with E-state index in [2.05, 4.69) is 16.4 Å². The molecule has 3 fully saturated rings. The number of amides is 1. The number of halogens is 2. The van der Waals surface area contributed by atoms with E-state index in [1.54, 1.807) is 12.3 Å². The van der Waals surface area contributed by atoms with Crippen molar-refractivity contribution in [2.75, 3.05) is 24.7 Å². The van der Waals surface area contributed by atoms with Crippen LogP contribution >= 0.6 is 0 Å². The zero-order valence-electron chi connectivity index (χ0n) is 23.4. The summed E-state index contributed by atoms with van der Waals surface area (Å²) in [4.78, 5) is 28.3. The first-order chi connectivity index (χ1) is 21.2. The summed E-state index contributed by atoms with van der Waals surface area (Å²) in [7, 11) is -4.51. The predicted octanol–water partition coefficient (Wildman–Crippen LogP) is 4.53. The number of aromatic nitrogens is 3. The Bertz CT molecular complexity index is 1960. The number of alkyl halides is 1. The molecule has 13 heteroatoms. The molecular formula is C31H27F2N5O5S. The van der Waals surface area contributed by atoms with Crippen molar-refractivity contribution in [3.8, 4) is 11.5 Å². The van der Waals surface area contributed by atoms with Crippen molar-refractivity contribution in [2.24, 2.45) is 5.92 Å². The van der Waals surface area contributed by atoms with E-state index in [1.807, 2.05) is 23.2 Å². The minimum absolute atomic E-state index is 0.0400. The van der Waals surface area contributed by atoms with Gasteiger partial charge < -0.3 is 19.7 Å². The van der Waals surface area contributed by atoms with E-state index in [9.17, 15) is 22.0 Å². The number of rotatable bonds is 5. The topological polar surface area (TPSA) is 124 Å². The number of carbonyl (C=O) groups is 1. The summed E-state index contributed by atoms with van der Waals surface area (Å²) in [6.07, 6.45) is 6.89. The molecule has 2 aliphatic heterocycles. The number of ether oxygens (including phenoxy) is 2. The van der Waals surface area contributed by atoms with Gasteiger partial charge in [-0.15, -0.1) is 0 Å². The number of sulfone groups is 1. The van der Waals surface area contributed by atoms with Crippen LogP contribution in [-0.4, -0.2) is 54.5 Å². The summed E-state index contributed by atoms with van der Waals surface area (Å²) >= 11 is 0. The fraction of sp³-hybridized carbons (Fsp3) is 0.355. The standard InChI is InChI=1S/C31H27F2N5O5S/c32-22-7-19(8-25-28(22)43-5-3-26(33)44(25,40)41)30(39)36-16-21-10-23-18(14-34-21)1-2-27(37-23)38-4-6-42-24-9-20(15-35-29(24)38)31-11-17(12-31)13-31/h1-2,7-10,14-15,17,26H,3-6,11-13,16H2,(H,36,39)/t17?,26-,31?/m1/s1. The normalized spacial score (nSPS) is 24.5. The fourth-order valence-corrected chi connectivity index (χ4v) is 8.00. The van der Waals surface area contributed by atoms with Crippen LogP contribution in [0.4, 0.5) is 20.4 Å². The van der Waals surface area contributed by atoms with Gasteiger partial charge in [0.15, 0.2) is 23.1 Å². The highest BCUT2D eigenvalue weighted by Gasteiger charge is 2.57. The molecule has 226 valence electrons. The number of nitrogens with one attached hydrogen (secondary N) is 1. The Morgan fingerprint density at radius 3 is 2.70 bits per heavy atom. The van der Waals surface area contributed by atoms with Crippen molar-refractivity contribution in [3.63, 3.8) is 0 Å². The summed E-state index contributed by atoms with van der Waals surface area (Å²) in [5, 5.41) is 3.42. The molecule has 10 nitrogen and oxygen atoms in total. The Morgan fingerprint density at radius 1 is 1.07 bits per heavy atom. The van der Waals surface area contributed by atoms with Crippen LogP contribution in [0.1, 0.15) is 47.3 Å². The third-order valence-electron chi connectivity index (χ3n) is 9.14. The Labute approximate surface area is 251 Å². The van der Waals surface area contributed by atoms with Gasteiger partial charge in [-0.3, -0.25) is 9.78 Å². The van der Waals surface area contributed by atoms with Gasteiger partial charge in [0.1, 0.15) is 17.3 Å². The molecule has 9 rings (SSSR count). The van der Waals surface area contributed by atoms with E-state index in [1.165, 1.54) is 24.8 Å². The number of hydrogen-bond donors (Lipinski definition) is 1. The summed E-state index contributed by atoms with van der Waals surface area (Å²) in [6.45, 7) is 0.752. The van der Waals surface area contributed by atoms with E-state index in [-0.39, 0.29) is 24.1 Å². The second-order valence-corrected chi connectivity index (χ2v) is 13.9. The molecule has 0 unspecified atom stereocenters. The molecular weight excluding hydrogens is 592 g/mol. The average molecular weight is 620 g/mol. The largest absolute Gasteiger partial charge is 0.489 e. The molecule has 3 aromatic heterocycles. The molecule has 3 aliphatic carbocycles. The van der Waals surface area contributed by atoms with Gasteiger partial charge in [-0.05, 0) is 72.6 Å². The van der Waals surface area contributed by atoms with Crippen LogP contribution in [0.5, 0.6) is 11.5 Å². The van der Waals surface area contributed by atoms with Crippen molar-refractivity contribution in [1.82, 2.24) is 20.3 Å². The SMILES string of the molecule is O=C(NCc1cc2nc(N3CCOc4cc(C56CC(C5)C6)cnc43)ccc2cn1)c1cc(F)c2c(c1)S(=O)(=O)[C@@H](F)CCO2. The third kappa shape index (κ3) is 4.27. The van der Waals surface area contributed by atoms with Crippen LogP contribution in [0.2, 0.25) is 0 Å². The Hall–Kier alpha value is -4.39. The minimum Gasteiger partial charge on any atom is -0.489 e. The summed E-state index contributed by atoms with van der Waals surface area (Å²) in [5.74, 6) is 0.666. The number of anilines is 2. The van der Waals surface area contributed by atoms with Crippen LogP contribution in [0.25, 0.3) is 10.9 Å². The van der Waals surface area contributed by atoms with Gasteiger partial charge >= 0.3 is 0 Å². The van der Waals surface area contributed by atoms with Crippen LogP contribution in [0, 0.1) is 11.7 Å². The smallest absolute Gasteiger partial charge is 0.251 e. The van der Waals surface area contributed by atoms with E-state index in [4.69, 9.17) is 19.4 Å². The van der Waals surface area contributed by atoms with Crippen molar-refractivity contribution in [2.45, 2.75) is 48.0 Å². The number of pyridine rings is 3. The van der Waals surface area contributed by atoms with Crippen LogP contribution in [-0.2, 0) is 21.8 Å². The second-order valence-electron chi connectivity index (χ2n) is 11.9. The lowest BCUT2D eigenvalue weighted by atomic mass is 9.42. The number of benzene rings is 1. The fourth-order valence-electron chi connectivity index (χ4n) is 6.61. The summed E-state index contributed by atoms with van der Waals surface area (Å²) in [6, 6.07) is 9.50. The lowest BCUT2D eigenvalue weighted by molar-refractivity contribution is -0.0278. The summed E-state index contributed by atoms with van der Waals surface area (Å²) < 4.78 is 65.2. The monoisotopic (exact) mass is 619 g/mol. The van der Waals surface area contributed by atoms with Crippen molar-refractivity contribution < 1.29 is 31.5 Å². The predicted molar refractivity (Wildman–Crippen MR) is 155 cm³/mol. The van der Waals surface area contributed by atoms with E-state index in [0.29, 0.717) is 30.2 Å². The first-order valence-electron chi connectivity index (χ1n) is 14.5. The van der Waals surface area contributed by atoms with Gasteiger partial charge in [0.2, 0.25) is 15.3 Å². The van der Waals surface area contributed by atoms with Crippen LogP contribution in [0.15, 0.2) is 53.7 Å². The highest BCUT2D eigenvalue weighted by atomic mass is 32.2. The zero-order chi connectivity index (χ0) is 30.2. The summed E-state index contributed by atoms with van der Waals surface area (Å²) in [5.41, 5.74) is 0.134. The first kappa shape index (κ1) is 27.2. The van der Waals surface area contributed by atoms with E-state index < -0.39 is 44.1 Å². The Balaban J connectivity index is 1.02. The molecule has 44 heavy (non-hydrogen) atoms. The molecule has 1 N–H and O–H groups in total. The number of fused-ring (bicyclic) bond motifs is 3. The van der Waals surface area contributed by atoms with E-state index in [0.717, 1.165) is 35.0 Å². The van der Waals surface area contributed by atoms with Crippen LogP contribution < -0.4 is 19.7 Å². The van der Waals surface area contributed by atoms with Gasteiger partial charge in [-0.1, -0.05) is 0 Å². The maximum atomic E-state index is 14.7. The number of nitrogens with zero attached hydrogens (tertiary/aromatic N) is 4. The lowest BCUT2D eigenvalue weighted by Crippen LogP contribution is -2.55. The van der Waals surface area contributed by atoms with Crippen molar-refractivity contribution in [1.29, 1.82) is 0 Å². The quantitative estimate of drug-likeness (QED) is 0.343. The molecule has 3 saturated carbocycles. The molecule has 1 atom stereocenters. The van der Waals surface area contributed by atoms with Crippen molar-refractivity contribution in [3.05, 3.63) is 71.4 Å². The first-order valence-corrected chi connectivity index (χ1v) is 16.0. The Morgan fingerprint density at radius 2 is 1.91 bits per heavy atom. The van der Waals surface area contributed by atoms with Gasteiger partial charge in [-0.25, -0.2) is 27.2 Å². The molecule has 1 aromatic carbocycles. The van der Waals surface area contributed by atoms with E-state index >= 15 is 0 Å². The Kier molecular flexibility index (Phi) is 6.06. The molecule has 0 spiro atoms. The van der Waals surface area contributed by atoms with Gasteiger partial charge in [-0.2, -0.15) is 0 Å². The molecule has 1 amide bonds. The zero-order valence-corrected chi connectivity index (χ0v) is 24.2. The molecule has 0 saturated heterocycles. The number of hydrogen-bond acceptors (Lipinski definition) is 9. The second kappa shape index (κ2) is 9.81. The average Bonchev–Trinajstić information content (AvgIpc) is 3.08. The number of carbonyl (C=O) groups excluding carboxylic acids is 1. The van der Waals surface area contributed by atoms with Crippen molar-refractivity contribution >= 4 is 38.3 Å². The third-order valence-corrected chi connectivity index (χ3v) is 11.0.